The fraction of sp³-hybridized carbons (Fsp3) is 0.524. The molecule has 0 aromatic carbocycles. The largest absolute Gasteiger partial charge is 0.333 e. The van der Waals surface area contributed by atoms with Gasteiger partial charge >= 0.3 is 6.03 Å². The number of urea groups is 1. The van der Waals surface area contributed by atoms with Crippen molar-refractivity contribution >= 4 is 6.03 Å². The molecule has 4 aliphatic rings. The molecule has 0 saturated heterocycles. The lowest BCUT2D eigenvalue weighted by Crippen LogP contribution is -2.61. The fourth-order valence-corrected chi connectivity index (χ4v) is 5.96. The summed E-state index contributed by atoms with van der Waals surface area (Å²) in [4.78, 5) is 25.6. The Bertz CT molecular complexity index is 802. The van der Waals surface area contributed by atoms with Crippen molar-refractivity contribution < 1.29 is 4.79 Å². The summed E-state index contributed by atoms with van der Waals surface area (Å²) in [5.41, 5.74) is 2.53. The maximum absolute atomic E-state index is 12.7. The molecule has 140 valence electrons. The molecule has 2 aromatic rings. The highest BCUT2D eigenvalue weighted by molar-refractivity contribution is 5.75. The highest BCUT2D eigenvalue weighted by atomic mass is 16.2. The Labute approximate surface area is 159 Å². The summed E-state index contributed by atoms with van der Waals surface area (Å²) in [6.07, 6.45) is 14.4. The number of amides is 2. The molecule has 4 bridgehead atoms. The lowest BCUT2D eigenvalue weighted by Gasteiger charge is -2.56. The third kappa shape index (κ3) is 3.29. The Kier molecular flexibility index (Phi) is 4.06. The van der Waals surface area contributed by atoms with Gasteiger partial charge in [0.05, 0.1) is 17.9 Å². The molecule has 6 heteroatoms. The average Bonchev–Trinajstić information content (AvgIpc) is 2.66. The number of hydrogen-bond acceptors (Lipinski definition) is 4. The van der Waals surface area contributed by atoms with Crippen LogP contribution in [-0.4, -0.2) is 26.5 Å². The number of nitrogens with zero attached hydrogens (tertiary/aromatic N) is 3. The topological polar surface area (TPSA) is 79.8 Å². The molecule has 0 radical (unpaired) electrons. The normalized spacial score (nSPS) is 30.9. The summed E-state index contributed by atoms with van der Waals surface area (Å²) in [6, 6.07) is 3.73. The first kappa shape index (κ1) is 16.7. The van der Waals surface area contributed by atoms with Gasteiger partial charge in [0.1, 0.15) is 0 Å². The van der Waals surface area contributed by atoms with E-state index < -0.39 is 0 Å². The molecular formula is C21H25N5O. The monoisotopic (exact) mass is 363 g/mol. The van der Waals surface area contributed by atoms with E-state index in [1.807, 2.05) is 12.1 Å². The van der Waals surface area contributed by atoms with E-state index in [2.05, 4.69) is 25.6 Å². The zero-order valence-corrected chi connectivity index (χ0v) is 15.4. The number of hydrogen-bond donors (Lipinski definition) is 2. The van der Waals surface area contributed by atoms with E-state index in [1.165, 1.54) is 19.3 Å². The minimum absolute atomic E-state index is 0.0229. The van der Waals surface area contributed by atoms with Crippen molar-refractivity contribution in [3.63, 3.8) is 0 Å². The molecule has 6 nitrogen and oxygen atoms in total. The molecule has 27 heavy (non-hydrogen) atoms. The van der Waals surface area contributed by atoms with E-state index >= 15 is 0 Å². The zero-order chi connectivity index (χ0) is 18.3. The standard InChI is InChI=1S/C21H25N5O/c27-20(26-21-10-14-7-15(11-21)9-16(8-14)12-21)25-13-18-19(24-6-5-23-18)17-1-3-22-4-2-17/h1-6,14-16H,7-13H2,(H2,25,26,27). The quantitative estimate of drug-likeness (QED) is 0.873. The first-order valence-corrected chi connectivity index (χ1v) is 9.95. The summed E-state index contributed by atoms with van der Waals surface area (Å²) >= 11 is 0. The Morgan fingerprint density at radius 1 is 0.963 bits per heavy atom. The molecular weight excluding hydrogens is 338 g/mol. The lowest BCUT2D eigenvalue weighted by molar-refractivity contribution is -0.0135. The third-order valence-corrected chi connectivity index (χ3v) is 6.56. The highest BCUT2D eigenvalue weighted by Crippen LogP contribution is 2.55. The Morgan fingerprint density at radius 2 is 1.59 bits per heavy atom. The van der Waals surface area contributed by atoms with Gasteiger partial charge in [0, 0.05) is 35.9 Å². The smallest absolute Gasteiger partial charge is 0.315 e. The summed E-state index contributed by atoms with van der Waals surface area (Å²) in [5.74, 6) is 2.44. The van der Waals surface area contributed by atoms with E-state index in [4.69, 9.17) is 0 Å². The van der Waals surface area contributed by atoms with Crippen molar-refractivity contribution in [2.24, 2.45) is 17.8 Å². The predicted octanol–water partition coefficient (Wildman–Crippen LogP) is 3.31. The molecule has 2 aromatic heterocycles. The van der Waals surface area contributed by atoms with Crippen LogP contribution in [0.3, 0.4) is 0 Å². The van der Waals surface area contributed by atoms with Gasteiger partial charge in [0.25, 0.3) is 0 Å². The predicted molar refractivity (Wildman–Crippen MR) is 102 cm³/mol. The summed E-state index contributed by atoms with van der Waals surface area (Å²) in [7, 11) is 0. The van der Waals surface area contributed by atoms with Gasteiger partial charge in [-0.1, -0.05) is 0 Å². The van der Waals surface area contributed by atoms with E-state index in [9.17, 15) is 4.79 Å². The van der Waals surface area contributed by atoms with Crippen LogP contribution in [0.2, 0.25) is 0 Å². The fourth-order valence-electron chi connectivity index (χ4n) is 5.96. The Balaban J connectivity index is 1.26. The van der Waals surface area contributed by atoms with Gasteiger partial charge in [-0.05, 0) is 68.4 Å². The van der Waals surface area contributed by atoms with Crippen LogP contribution in [0.15, 0.2) is 36.9 Å². The van der Waals surface area contributed by atoms with Gasteiger partial charge in [-0.2, -0.15) is 0 Å². The number of pyridine rings is 1. The van der Waals surface area contributed by atoms with Crippen LogP contribution in [0.5, 0.6) is 0 Å². The number of carbonyl (C=O) groups excluding carboxylic acids is 1. The van der Waals surface area contributed by atoms with Gasteiger partial charge in [-0.15, -0.1) is 0 Å². The molecule has 0 aliphatic heterocycles. The van der Waals surface area contributed by atoms with Gasteiger partial charge in [0.15, 0.2) is 0 Å². The third-order valence-electron chi connectivity index (χ3n) is 6.56. The molecule has 4 fully saturated rings. The van der Waals surface area contributed by atoms with Crippen molar-refractivity contribution in [3.05, 3.63) is 42.6 Å². The lowest BCUT2D eigenvalue weighted by atomic mass is 9.53. The molecule has 2 amide bonds. The molecule has 0 unspecified atom stereocenters. The second-order valence-corrected chi connectivity index (χ2v) is 8.59. The number of aromatic nitrogens is 3. The van der Waals surface area contributed by atoms with Gasteiger partial charge in [0.2, 0.25) is 0 Å². The van der Waals surface area contributed by atoms with Gasteiger partial charge in [-0.3, -0.25) is 15.0 Å². The average molecular weight is 363 g/mol. The van der Waals surface area contributed by atoms with Crippen LogP contribution in [0, 0.1) is 17.8 Å². The van der Waals surface area contributed by atoms with Crippen LogP contribution < -0.4 is 10.6 Å². The van der Waals surface area contributed by atoms with E-state index in [0.29, 0.717) is 6.54 Å². The first-order chi connectivity index (χ1) is 13.2. The Morgan fingerprint density at radius 3 is 2.26 bits per heavy atom. The summed E-state index contributed by atoms with van der Waals surface area (Å²) in [6.45, 7) is 0.365. The maximum Gasteiger partial charge on any atom is 0.315 e. The SMILES string of the molecule is O=C(NCc1nccnc1-c1ccncc1)NC12CC3CC(CC(C3)C1)C2. The van der Waals surface area contributed by atoms with Crippen molar-refractivity contribution in [3.8, 4) is 11.3 Å². The summed E-state index contributed by atoms with van der Waals surface area (Å²) in [5, 5.41) is 6.36. The van der Waals surface area contributed by atoms with Crippen molar-refractivity contribution in [1.82, 2.24) is 25.6 Å². The van der Waals surface area contributed by atoms with Crippen molar-refractivity contribution in [2.75, 3.05) is 0 Å². The molecule has 2 heterocycles. The Hall–Kier alpha value is -2.50. The summed E-state index contributed by atoms with van der Waals surface area (Å²) < 4.78 is 0. The minimum atomic E-state index is -0.0803. The highest BCUT2D eigenvalue weighted by Gasteiger charge is 2.51. The number of carbonyl (C=O) groups is 1. The zero-order valence-electron chi connectivity index (χ0n) is 15.4. The maximum atomic E-state index is 12.7. The molecule has 4 saturated carbocycles. The van der Waals surface area contributed by atoms with Crippen molar-refractivity contribution in [2.45, 2.75) is 50.6 Å². The molecule has 0 atom stereocenters. The molecule has 6 rings (SSSR count). The number of nitrogens with one attached hydrogen (secondary N) is 2. The number of rotatable bonds is 4. The second-order valence-electron chi connectivity index (χ2n) is 8.59. The van der Waals surface area contributed by atoms with E-state index in [1.54, 1.807) is 24.8 Å². The molecule has 0 spiro atoms. The van der Waals surface area contributed by atoms with Crippen molar-refractivity contribution in [1.29, 1.82) is 0 Å². The van der Waals surface area contributed by atoms with E-state index in [0.717, 1.165) is 54.0 Å². The van der Waals surface area contributed by atoms with Gasteiger partial charge in [-0.25, -0.2) is 4.79 Å². The first-order valence-electron chi connectivity index (χ1n) is 9.95. The van der Waals surface area contributed by atoms with Crippen LogP contribution >= 0.6 is 0 Å². The van der Waals surface area contributed by atoms with Crippen LogP contribution in [0.25, 0.3) is 11.3 Å². The minimum Gasteiger partial charge on any atom is -0.333 e. The molecule has 4 aliphatic carbocycles. The van der Waals surface area contributed by atoms with Crippen LogP contribution in [-0.2, 0) is 6.54 Å². The molecule has 2 N–H and O–H groups in total. The van der Waals surface area contributed by atoms with Gasteiger partial charge < -0.3 is 10.6 Å². The van der Waals surface area contributed by atoms with Crippen LogP contribution in [0.1, 0.15) is 44.2 Å². The van der Waals surface area contributed by atoms with E-state index in [-0.39, 0.29) is 11.6 Å². The van der Waals surface area contributed by atoms with Crippen LogP contribution in [0.4, 0.5) is 4.79 Å². The second kappa shape index (κ2) is 6.59.